The molecule has 1 amide bonds. The maximum atomic E-state index is 12.5. The van der Waals surface area contributed by atoms with Crippen molar-refractivity contribution in [2.24, 2.45) is 0 Å². The lowest BCUT2D eigenvalue weighted by molar-refractivity contribution is 0.0926. The summed E-state index contributed by atoms with van der Waals surface area (Å²) in [5, 5.41) is 6.75. The molecule has 1 heterocycles. The molecular formula is C22H31N5O. The van der Waals surface area contributed by atoms with Gasteiger partial charge in [-0.15, -0.1) is 0 Å². The fraction of sp³-hybridized carbons (Fsp3) is 0.500. The van der Waals surface area contributed by atoms with Crippen molar-refractivity contribution < 1.29 is 4.79 Å². The summed E-state index contributed by atoms with van der Waals surface area (Å²) < 4.78 is 0. The van der Waals surface area contributed by atoms with Gasteiger partial charge in [-0.05, 0) is 56.7 Å². The van der Waals surface area contributed by atoms with Gasteiger partial charge in [-0.1, -0.05) is 19.1 Å². The van der Waals surface area contributed by atoms with Gasteiger partial charge in [0.1, 0.15) is 5.82 Å². The Morgan fingerprint density at radius 1 is 1.11 bits per heavy atom. The molecule has 1 aromatic heterocycles. The van der Waals surface area contributed by atoms with Crippen LogP contribution in [0.2, 0.25) is 0 Å². The van der Waals surface area contributed by atoms with Gasteiger partial charge in [-0.25, -0.2) is 4.98 Å². The zero-order valence-electron chi connectivity index (χ0n) is 17.3. The topological polar surface area (TPSA) is 70.2 Å². The Labute approximate surface area is 167 Å². The van der Waals surface area contributed by atoms with E-state index in [1.54, 1.807) is 0 Å². The van der Waals surface area contributed by atoms with E-state index < -0.39 is 0 Å². The van der Waals surface area contributed by atoms with Crippen LogP contribution in [0.5, 0.6) is 0 Å². The highest BCUT2D eigenvalue weighted by atomic mass is 16.1. The van der Waals surface area contributed by atoms with E-state index in [4.69, 9.17) is 0 Å². The summed E-state index contributed by atoms with van der Waals surface area (Å²) in [6.45, 7) is 4.09. The van der Waals surface area contributed by atoms with Crippen LogP contribution in [0.3, 0.4) is 0 Å². The van der Waals surface area contributed by atoms with Gasteiger partial charge in [-0.2, -0.15) is 4.98 Å². The number of aryl methyl sites for hydroxylation is 2. The average Bonchev–Trinajstić information content (AvgIpc) is 2.69. The molecule has 2 aromatic rings. The second-order valence-corrected chi connectivity index (χ2v) is 7.81. The minimum Gasteiger partial charge on any atom is -0.367 e. The van der Waals surface area contributed by atoms with Crippen molar-refractivity contribution in [1.82, 2.24) is 15.3 Å². The Kier molecular flexibility index (Phi) is 6.49. The molecule has 0 aliphatic heterocycles. The molecule has 1 aliphatic rings. The van der Waals surface area contributed by atoms with Gasteiger partial charge in [0.15, 0.2) is 0 Å². The van der Waals surface area contributed by atoms with Crippen molar-refractivity contribution in [3.8, 4) is 0 Å². The molecule has 0 saturated heterocycles. The second kappa shape index (κ2) is 9.04. The van der Waals surface area contributed by atoms with Crippen LogP contribution in [0.1, 0.15) is 54.2 Å². The van der Waals surface area contributed by atoms with Gasteiger partial charge in [-0.3, -0.25) is 4.79 Å². The summed E-state index contributed by atoms with van der Waals surface area (Å²) in [6, 6.07) is 10.5. The van der Waals surface area contributed by atoms with Crippen LogP contribution >= 0.6 is 0 Å². The Morgan fingerprint density at radius 3 is 2.50 bits per heavy atom. The predicted molar refractivity (Wildman–Crippen MR) is 114 cm³/mol. The monoisotopic (exact) mass is 381 g/mol. The zero-order valence-corrected chi connectivity index (χ0v) is 17.3. The van der Waals surface area contributed by atoms with E-state index >= 15 is 0 Å². The number of hydrogen-bond donors (Lipinski definition) is 2. The van der Waals surface area contributed by atoms with Crippen molar-refractivity contribution in [3.63, 3.8) is 0 Å². The first-order valence-corrected chi connectivity index (χ1v) is 10.1. The number of benzene rings is 1. The van der Waals surface area contributed by atoms with Gasteiger partial charge in [0.2, 0.25) is 5.95 Å². The Morgan fingerprint density at radius 2 is 1.82 bits per heavy atom. The molecule has 28 heavy (non-hydrogen) atoms. The average molecular weight is 382 g/mol. The van der Waals surface area contributed by atoms with Crippen LogP contribution < -0.4 is 15.5 Å². The van der Waals surface area contributed by atoms with E-state index in [1.165, 1.54) is 5.56 Å². The SMILES string of the molecule is CCc1cccc(C(=O)NC2CCC(Nc3cc(C)nc(N(C)C)n3)CC2)c1. The third-order valence-corrected chi connectivity index (χ3v) is 5.25. The number of amides is 1. The second-order valence-electron chi connectivity index (χ2n) is 7.81. The maximum absolute atomic E-state index is 12.5. The molecule has 6 nitrogen and oxygen atoms in total. The van der Waals surface area contributed by atoms with Crippen molar-refractivity contribution in [3.05, 3.63) is 47.2 Å². The number of carbonyl (C=O) groups is 1. The van der Waals surface area contributed by atoms with Crippen LogP contribution in [-0.2, 0) is 6.42 Å². The van der Waals surface area contributed by atoms with E-state index in [9.17, 15) is 4.79 Å². The first kappa shape index (κ1) is 20.1. The van der Waals surface area contributed by atoms with Gasteiger partial charge in [0.25, 0.3) is 5.91 Å². The normalized spacial score (nSPS) is 19.1. The first-order chi connectivity index (χ1) is 13.4. The lowest BCUT2D eigenvalue weighted by atomic mass is 9.91. The standard InChI is InChI=1S/C22H31N5O/c1-5-16-7-6-8-17(14-16)21(28)25-19-11-9-18(10-12-19)24-20-13-15(2)23-22(26-20)27(3)4/h6-8,13-14,18-19H,5,9-12H2,1-4H3,(H,25,28)(H,23,24,26). The van der Waals surface area contributed by atoms with Crippen molar-refractivity contribution in [2.45, 2.75) is 58.0 Å². The first-order valence-electron chi connectivity index (χ1n) is 10.1. The van der Waals surface area contributed by atoms with Crippen molar-refractivity contribution >= 4 is 17.7 Å². The molecule has 3 rings (SSSR count). The smallest absolute Gasteiger partial charge is 0.251 e. The molecule has 0 atom stereocenters. The van der Waals surface area contributed by atoms with Crippen LogP contribution in [0.15, 0.2) is 30.3 Å². The summed E-state index contributed by atoms with van der Waals surface area (Å²) >= 11 is 0. The number of nitrogens with one attached hydrogen (secondary N) is 2. The fourth-order valence-electron chi connectivity index (χ4n) is 3.62. The van der Waals surface area contributed by atoms with Gasteiger partial charge >= 0.3 is 0 Å². The number of anilines is 2. The lowest BCUT2D eigenvalue weighted by Crippen LogP contribution is -2.40. The number of hydrogen-bond acceptors (Lipinski definition) is 5. The summed E-state index contributed by atoms with van der Waals surface area (Å²) in [7, 11) is 3.89. The molecule has 1 saturated carbocycles. The number of aromatic nitrogens is 2. The van der Waals surface area contributed by atoms with E-state index in [0.717, 1.165) is 55.1 Å². The van der Waals surface area contributed by atoms with Gasteiger partial charge in [0.05, 0.1) is 0 Å². The van der Waals surface area contributed by atoms with E-state index in [-0.39, 0.29) is 11.9 Å². The molecule has 2 N–H and O–H groups in total. The van der Waals surface area contributed by atoms with E-state index in [1.807, 2.05) is 50.2 Å². The Bertz CT molecular complexity index is 812. The number of nitrogens with zero attached hydrogens (tertiary/aromatic N) is 3. The van der Waals surface area contributed by atoms with E-state index in [2.05, 4.69) is 33.6 Å². The molecule has 1 aromatic carbocycles. The quantitative estimate of drug-likeness (QED) is 0.801. The summed E-state index contributed by atoms with van der Waals surface area (Å²) in [5.74, 6) is 1.63. The predicted octanol–water partition coefficient (Wildman–Crippen LogP) is 3.57. The third-order valence-electron chi connectivity index (χ3n) is 5.25. The minimum atomic E-state index is 0.0359. The van der Waals surface area contributed by atoms with Crippen LogP contribution in [-0.4, -0.2) is 42.1 Å². The molecular weight excluding hydrogens is 350 g/mol. The molecule has 1 aliphatic carbocycles. The number of carbonyl (C=O) groups excluding carboxylic acids is 1. The summed E-state index contributed by atoms with van der Waals surface area (Å²) in [6.07, 6.45) is 4.92. The fourth-order valence-corrected chi connectivity index (χ4v) is 3.62. The largest absolute Gasteiger partial charge is 0.367 e. The molecule has 0 unspecified atom stereocenters. The molecule has 1 fully saturated rings. The highest BCUT2D eigenvalue weighted by Gasteiger charge is 2.23. The highest BCUT2D eigenvalue weighted by Crippen LogP contribution is 2.23. The number of rotatable bonds is 6. The van der Waals surface area contributed by atoms with Crippen LogP contribution in [0.4, 0.5) is 11.8 Å². The Balaban J connectivity index is 1.52. The van der Waals surface area contributed by atoms with Crippen LogP contribution in [0, 0.1) is 6.92 Å². The molecule has 0 bridgehead atoms. The van der Waals surface area contributed by atoms with Crippen LogP contribution in [0.25, 0.3) is 0 Å². The molecule has 0 spiro atoms. The summed E-state index contributed by atoms with van der Waals surface area (Å²) in [5.41, 5.74) is 2.90. The summed E-state index contributed by atoms with van der Waals surface area (Å²) in [4.78, 5) is 23.5. The highest BCUT2D eigenvalue weighted by molar-refractivity contribution is 5.94. The van der Waals surface area contributed by atoms with E-state index in [0.29, 0.717) is 6.04 Å². The lowest BCUT2D eigenvalue weighted by Gasteiger charge is -2.30. The van der Waals surface area contributed by atoms with Crippen molar-refractivity contribution in [1.29, 1.82) is 0 Å². The molecule has 150 valence electrons. The van der Waals surface area contributed by atoms with Gasteiger partial charge in [0, 0.05) is 43.5 Å². The molecule has 6 heteroatoms. The van der Waals surface area contributed by atoms with Gasteiger partial charge < -0.3 is 15.5 Å². The van der Waals surface area contributed by atoms with Crippen molar-refractivity contribution in [2.75, 3.05) is 24.3 Å². The minimum absolute atomic E-state index is 0.0359. The Hall–Kier alpha value is -2.63. The maximum Gasteiger partial charge on any atom is 0.251 e. The zero-order chi connectivity index (χ0) is 20.1. The molecule has 0 radical (unpaired) electrons. The third kappa shape index (κ3) is 5.21.